The fourth-order valence-corrected chi connectivity index (χ4v) is 8.72. The minimum atomic E-state index is -0.938. The van der Waals surface area contributed by atoms with E-state index in [4.69, 9.17) is 0 Å². The van der Waals surface area contributed by atoms with Crippen molar-refractivity contribution in [2.75, 3.05) is 0 Å². The summed E-state index contributed by atoms with van der Waals surface area (Å²) < 4.78 is 0. The summed E-state index contributed by atoms with van der Waals surface area (Å²) in [6.45, 7) is 2.22. The number of hydrogen-bond donors (Lipinski definition) is 5. The Morgan fingerprint density at radius 2 is 1.81 bits per heavy atom. The Kier molecular flexibility index (Phi) is 12.6. The highest BCUT2D eigenvalue weighted by Gasteiger charge is 2.49. The maximum atomic E-state index is 12.1. The van der Waals surface area contributed by atoms with Crippen LogP contribution < -0.4 is 0 Å². The largest absolute Gasteiger partial charge is 0.481 e. The van der Waals surface area contributed by atoms with Crippen molar-refractivity contribution in [3.63, 3.8) is 0 Å². The van der Waals surface area contributed by atoms with Crippen LogP contribution in [0.4, 0.5) is 0 Å². The number of carbonyl (C=O) groups is 1. The van der Waals surface area contributed by atoms with E-state index in [1.807, 2.05) is 6.20 Å². The van der Waals surface area contributed by atoms with E-state index in [1.165, 1.54) is 63.4 Å². The second-order valence-corrected chi connectivity index (χ2v) is 14.3. The number of aromatic nitrogens is 1. The number of aliphatic carboxylic acids is 1. The summed E-state index contributed by atoms with van der Waals surface area (Å²) in [7, 11) is 0. The van der Waals surface area contributed by atoms with Crippen molar-refractivity contribution in [3.8, 4) is 0 Å². The monoisotopic (exact) mass is 585 g/mol. The number of unbranched alkanes of at least 4 members (excludes halogenated alkanes) is 4. The molecule has 0 spiro atoms. The van der Waals surface area contributed by atoms with Crippen LogP contribution in [0.25, 0.3) is 0 Å². The van der Waals surface area contributed by atoms with Crippen molar-refractivity contribution in [2.45, 2.75) is 159 Å². The molecular formula is C36H59NO5. The molecule has 1 aromatic heterocycles. The van der Waals surface area contributed by atoms with Gasteiger partial charge in [0.25, 0.3) is 0 Å². The lowest BCUT2D eigenvalue weighted by atomic mass is 9.61. The molecule has 0 aliphatic heterocycles. The fraction of sp³-hybridized carbons (Fsp3) is 0.806. The Morgan fingerprint density at radius 3 is 2.50 bits per heavy atom. The summed E-state index contributed by atoms with van der Waals surface area (Å²) >= 11 is 0. The number of H-pyrrole nitrogens is 1. The van der Waals surface area contributed by atoms with E-state index >= 15 is 0 Å². The standard InChI is InChI=1S/C36H59NO5/c1-2-3-6-11-27-14-15-28(33(39)24-27)12-7-4-8-13-31(34(40)41)32(38)17-22-35(42)21-16-29(25-35)36(19-9-5-10-20-36)30-18-23-37-26-30/h14-15,18,23,26-29,31-33,37-39,42H,2-13,16-17,19-22,24-25H2,1H3,(H,40,41). The first-order valence-electron chi connectivity index (χ1n) is 17.4. The SMILES string of the molecule is CCCCCC1C=CC(CCCCCC(C(=O)O)C(O)CCC2(O)CCC(C3(c4cc[nH]c4)CCCCC3)C2)C(O)C1. The number of hydrogen-bond acceptors (Lipinski definition) is 4. The zero-order valence-corrected chi connectivity index (χ0v) is 26.2. The van der Waals surface area contributed by atoms with E-state index < -0.39 is 23.6 Å². The van der Waals surface area contributed by atoms with Gasteiger partial charge >= 0.3 is 5.97 Å². The molecule has 0 aromatic carbocycles. The summed E-state index contributed by atoms with van der Waals surface area (Å²) in [6, 6.07) is 2.21. The van der Waals surface area contributed by atoms with Crippen LogP contribution in [0.3, 0.4) is 0 Å². The van der Waals surface area contributed by atoms with E-state index in [0.717, 1.165) is 51.4 Å². The van der Waals surface area contributed by atoms with Crippen LogP contribution in [0.5, 0.6) is 0 Å². The Labute approximate surface area is 254 Å². The van der Waals surface area contributed by atoms with Gasteiger partial charge in [0.2, 0.25) is 0 Å². The van der Waals surface area contributed by atoms with Crippen molar-refractivity contribution < 1.29 is 25.2 Å². The first-order valence-corrected chi connectivity index (χ1v) is 17.4. The first kappa shape index (κ1) is 33.3. The van der Waals surface area contributed by atoms with Crippen LogP contribution in [0, 0.1) is 23.7 Å². The van der Waals surface area contributed by atoms with Gasteiger partial charge in [-0.25, -0.2) is 0 Å². The van der Waals surface area contributed by atoms with Crippen molar-refractivity contribution in [1.82, 2.24) is 4.98 Å². The Hall–Kier alpha value is -1.63. The molecule has 0 bridgehead atoms. The van der Waals surface area contributed by atoms with Gasteiger partial charge in [0.05, 0.1) is 23.7 Å². The minimum Gasteiger partial charge on any atom is -0.481 e. The first-order chi connectivity index (χ1) is 20.3. The minimum absolute atomic E-state index is 0.130. The lowest BCUT2D eigenvalue weighted by Gasteiger charge is -2.43. The van der Waals surface area contributed by atoms with Gasteiger partial charge in [0.15, 0.2) is 0 Å². The number of aliphatic hydroxyl groups is 3. The van der Waals surface area contributed by atoms with Crippen LogP contribution in [0.1, 0.15) is 141 Å². The molecule has 1 heterocycles. The Morgan fingerprint density at radius 1 is 1.02 bits per heavy atom. The molecule has 1 aromatic rings. The van der Waals surface area contributed by atoms with Crippen LogP contribution in [-0.4, -0.2) is 49.2 Å². The van der Waals surface area contributed by atoms with Gasteiger partial charge in [-0.3, -0.25) is 4.79 Å². The topological polar surface area (TPSA) is 114 Å². The van der Waals surface area contributed by atoms with E-state index in [2.05, 4.69) is 36.3 Å². The third kappa shape index (κ3) is 8.72. The molecule has 4 rings (SSSR count). The molecule has 6 heteroatoms. The fourth-order valence-electron chi connectivity index (χ4n) is 8.72. The molecule has 3 aliphatic rings. The summed E-state index contributed by atoms with van der Waals surface area (Å²) in [5, 5.41) is 43.0. The maximum Gasteiger partial charge on any atom is 0.309 e. The smallest absolute Gasteiger partial charge is 0.309 e. The Bertz CT molecular complexity index is 954. The van der Waals surface area contributed by atoms with Crippen molar-refractivity contribution in [3.05, 3.63) is 36.2 Å². The van der Waals surface area contributed by atoms with Gasteiger partial charge in [0.1, 0.15) is 0 Å². The molecule has 2 saturated carbocycles. The van der Waals surface area contributed by atoms with Crippen molar-refractivity contribution in [1.29, 1.82) is 0 Å². The number of carboxylic acids is 1. The van der Waals surface area contributed by atoms with Crippen molar-refractivity contribution >= 4 is 5.97 Å². The summed E-state index contributed by atoms with van der Waals surface area (Å²) in [5.74, 6) is -0.599. The maximum absolute atomic E-state index is 12.1. The molecule has 3 aliphatic carbocycles. The number of aromatic amines is 1. The van der Waals surface area contributed by atoms with Gasteiger partial charge in [-0.2, -0.15) is 0 Å². The molecule has 7 atom stereocenters. The number of nitrogens with one attached hydrogen (secondary N) is 1. The molecule has 7 unspecified atom stereocenters. The van der Waals surface area contributed by atoms with Gasteiger partial charge < -0.3 is 25.4 Å². The van der Waals surface area contributed by atoms with E-state index in [9.17, 15) is 25.2 Å². The molecule has 0 saturated heterocycles. The van der Waals surface area contributed by atoms with E-state index in [1.54, 1.807) is 0 Å². The number of aliphatic hydroxyl groups excluding tert-OH is 2. The normalized spacial score (nSPS) is 30.8. The molecule has 0 amide bonds. The summed E-state index contributed by atoms with van der Waals surface area (Å²) in [5.41, 5.74) is 0.687. The molecular weight excluding hydrogens is 526 g/mol. The average molecular weight is 586 g/mol. The molecule has 5 N–H and O–H groups in total. The van der Waals surface area contributed by atoms with E-state index in [0.29, 0.717) is 31.1 Å². The summed E-state index contributed by atoms with van der Waals surface area (Å²) in [4.78, 5) is 15.3. The van der Waals surface area contributed by atoms with Gasteiger partial charge in [-0.1, -0.05) is 76.9 Å². The highest BCUT2D eigenvalue weighted by molar-refractivity contribution is 5.70. The predicted octanol–water partition coefficient (Wildman–Crippen LogP) is 7.67. The second kappa shape index (κ2) is 15.9. The highest BCUT2D eigenvalue weighted by Crippen LogP contribution is 2.54. The molecule has 6 nitrogen and oxygen atoms in total. The molecule has 0 radical (unpaired) electrons. The van der Waals surface area contributed by atoms with Crippen LogP contribution in [0.15, 0.2) is 30.6 Å². The third-order valence-electron chi connectivity index (χ3n) is 11.4. The lowest BCUT2D eigenvalue weighted by Crippen LogP contribution is -2.38. The molecule has 238 valence electrons. The lowest BCUT2D eigenvalue weighted by molar-refractivity contribution is -0.146. The van der Waals surface area contributed by atoms with Crippen molar-refractivity contribution in [2.24, 2.45) is 23.7 Å². The average Bonchev–Trinajstić information content (AvgIpc) is 3.66. The zero-order valence-electron chi connectivity index (χ0n) is 26.2. The number of allylic oxidation sites excluding steroid dienone is 1. The van der Waals surface area contributed by atoms with Crippen LogP contribution in [0.2, 0.25) is 0 Å². The predicted molar refractivity (Wildman–Crippen MR) is 168 cm³/mol. The Balaban J connectivity index is 1.19. The van der Waals surface area contributed by atoms with Gasteiger partial charge in [-0.15, -0.1) is 0 Å². The highest BCUT2D eigenvalue weighted by atomic mass is 16.4. The molecule has 2 fully saturated rings. The van der Waals surface area contributed by atoms with Crippen LogP contribution in [-0.2, 0) is 10.2 Å². The number of rotatable bonds is 17. The van der Waals surface area contributed by atoms with Gasteiger partial charge in [0, 0.05) is 18.3 Å². The summed E-state index contributed by atoms with van der Waals surface area (Å²) in [6.07, 6.45) is 26.5. The van der Waals surface area contributed by atoms with E-state index in [-0.39, 0.29) is 17.4 Å². The molecule has 42 heavy (non-hydrogen) atoms. The number of carboxylic acid groups (broad SMARTS) is 1. The van der Waals surface area contributed by atoms with Crippen LogP contribution >= 0.6 is 0 Å². The second-order valence-electron chi connectivity index (χ2n) is 14.3. The quantitative estimate of drug-likeness (QED) is 0.0951. The third-order valence-corrected chi connectivity index (χ3v) is 11.4. The van der Waals surface area contributed by atoms with Gasteiger partial charge in [-0.05, 0) is 99.5 Å². The zero-order chi connectivity index (χ0) is 30.0.